The van der Waals surface area contributed by atoms with Gasteiger partial charge in [0, 0.05) is 5.70 Å². The summed E-state index contributed by atoms with van der Waals surface area (Å²) in [6.45, 7) is 9.10. The Morgan fingerprint density at radius 1 is 1.86 bits per heavy atom. The molecule has 1 unspecified atom stereocenters. The second-order valence-corrected chi connectivity index (χ2v) is 1.88. The van der Waals surface area contributed by atoms with Gasteiger partial charge >= 0.3 is 0 Å². The van der Waals surface area contributed by atoms with Crippen molar-refractivity contribution < 1.29 is 0 Å². The zero-order chi connectivity index (χ0) is 5.86. The maximum atomic E-state index is 3.66. The highest BCUT2D eigenvalue weighted by atomic mass is 31.0. The maximum Gasteiger partial charge on any atom is 0.0103 e. The van der Waals surface area contributed by atoms with Crippen molar-refractivity contribution in [1.29, 1.82) is 0 Å². The molecule has 0 aromatic carbocycles. The highest BCUT2D eigenvalue weighted by molar-refractivity contribution is 7.13. The molecule has 0 fully saturated rings. The molecule has 0 aliphatic carbocycles. The molecular formula is C5H10NP. The molecule has 2 heteroatoms. The molecule has 0 saturated heterocycles. The van der Waals surface area contributed by atoms with Gasteiger partial charge in [0.1, 0.15) is 0 Å². The first-order valence-corrected chi connectivity index (χ1v) is 2.52. The molecule has 40 valence electrons. The lowest BCUT2D eigenvalue weighted by molar-refractivity contribution is 0.778. The molecule has 1 nitrogen and oxygen atoms in total. The van der Waals surface area contributed by atoms with Gasteiger partial charge in [-0.05, 0) is 22.5 Å². The monoisotopic (exact) mass is 115 g/mol. The normalized spacial score (nSPS) is 7.71. The average molecular weight is 115 g/mol. The van der Waals surface area contributed by atoms with Crippen molar-refractivity contribution in [2.24, 2.45) is 0 Å². The van der Waals surface area contributed by atoms with E-state index in [0.29, 0.717) is 0 Å². The highest BCUT2D eigenvalue weighted by Gasteiger charge is 1.83. The lowest BCUT2D eigenvalue weighted by atomic mass is 10.6. The van der Waals surface area contributed by atoms with Crippen LogP contribution < -0.4 is 0 Å². The zero-order valence-electron chi connectivity index (χ0n) is 4.52. The van der Waals surface area contributed by atoms with Crippen molar-refractivity contribution in [3.63, 3.8) is 0 Å². The van der Waals surface area contributed by atoms with Crippen molar-refractivity contribution in [2.75, 3.05) is 0 Å². The van der Waals surface area contributed by atoms with Crippen LogP contribution in [0, 0.1) is 0 Å². The van der Waals surface area contributed by atoms with Crippen molar-refractivity contribution in [1.82, 2.24) is 4.67 Å². The molecule has 0 aliphatic heterocycles. The molecule has 7 heavy (non-hydrogen) atoms. The summed E-state index contributed by atoms with van der Waals surface area (Å²) in [7, 11) is 2.47. The largest absolute Gasteiger partial charge is 0.338 e. The Hall–Kier alpha value is -0.290. The van der Waals surface area contributed by atoms with E-state index >= 15 is 0 Å². The highest BCUT2D eigenvalue weighted by Crippen LogP contribution is 2.05. The van der Waals surface area contributed by atoms with Crippen molar-refractivity contribution in [2.45, 2.75) is 6.92 Å². The first-order chi connectivity index (χ1) is 3.18. The van der Waals surface area contributed by atoms with Crippen molar-refractivity contribution in [3.05, 3.63) is 25.1 Å². The molecular weight excluding hydrogens is 105 g/mol. The molecule has 0 bridgehead atoms. The SMILES string of the molecule is C=CN(P)C(=C)C. The minimum Gasteiger partial charge on any atom is -0.338 e. The van der Waals surface area contributed by atoms with Gasteiger partial charge in [0.2, 0.25) is 0 Å². The Morgan fingerprint density at radius 3 is 2.29 bits per heavy atom. The third-order valence-electron chi connectivity index (χ3n) is 0.637. The molecule has 0 aromatic rings. The van der Waals surface area contributed by atoms with Crippen LogP contribution in [-0.2, 0) is 0 Å². The second-order valence-electron chi connectivity index (χ2n) is 1.33. The number of hydrogen-bond donors (Lipinski definition) is 0. The zero-order valence-corrected chi connectivity index (χ0v) is 5.67. The van der Waals surface area contributed by atoms with E-state index in [4.69, 9.17) is 0 Å². The van der Waals surface area contributed by atoms with E-state index in [-0.39, 0.29) is 0 Å². The maximum absolute atomic E-state index is 3.66. The molecule has 0 radical (unpaired) electrons. The van der Waals surface area contributed by atoms with Crippen LogP contribution in [0.5, 0.6) is 0 Å². The first kappa shape index (κ1) is 6.71. The first-order valence-electron chi connectivity index (χ1n) is 2.00. The standard InChI is InChI=1S/C5H10NP/c1-4-6(7)5(2)3/h4H,1-2,7H2,3H3. The molecule has 0 spiro atoms. The predicted molar refractivity (Wildman–Crippen MR) is 36.6 cm³/mol. The van der Waals surface area contributed by atoms with Crippen molar-refractivity contribution in [3.8, 4) is 0 Å². The molecule has 0 rings (SSSR count). The predicted octanol–water partition coefficient (Wildman–Crippen LogP) is 1.76. The van der Waals surface area contributed by atoms with E-state index in [9.17, 15) is 0 Å². The Kier molecular flexibility index (Phi) is 2.70. The summed E-state index contributed by atoms with van der Waals surface area (Å²) in [5, 5.41) is 0. The van der Waals surface area contributed by atoms with E-state index in [1.165, 1.54) is 0 Å². The van der Waals surface area contributed by atoms with E-state index in [1.807, 2.05) is 6.92 Å². The van der Waals surface area contributed by atoms with E-state index in [2.05, 4.69) is 22.5 Å². The van der Waals surface area contributed by atoms with Gasteiger partial charge < -0.3 is 4.67 Å². The summed E-state index contributed by atoms with van der Waals surface area (Å²) in [4.78, 5) is 0. The summed E-state index contributed by atoms with van der Waals surface area (Å²) >= 11 is 0. The molecule has 0 heterocycles. The molecule has 0 saturated carbocycles. The second kappa shape index (κ2) is 2.81. The smallest absolute Gasteiger partial charge is 0.0103 e. The van der Waals surface area contributed by atoms with E-state index < -0.39 is 0 Å². The van der Waals surface area contributed by atoms with Crippen LogP contribution in [0.25, 0.3) is 0 Å². The number of rotatable bonds is 2. The lowest BCUT2D eigenvalue weighted by Crippen LogP contribution is -1.94. The van der Waals surface area contributed by atoms with Gasteiger partial charge in [-0.2, -0.15) is 0 Å². The van der Waals surface area contributed by atoms with Gasteiger partial charge in [0.25, 0.3) is 0 Å². The van der Waals surface area contributed by atoms with E-state index in [1.54, 1.807) is 10.9 Å². The van der Waals surface area contributed by atoms with Gasteiger partial charge in [-0.15, -0.1) is 0 Å². The van der Waals surface area contributed by atoms with Crippen LogP contribution in [0.1, 0.15) is 6.92 Å². The van der Waals surface area contributed by atoms with Crippen molar-refractivity contribution >= 4 is 9.39 Å². The fraction of sp³-hybridized carbons (Fsp3) is 0.200. The van der Waals surface area contributed by atoms with Gasteiger partial charge in [0.15, 0.2) is 0 Å². The number of allylic oxidation sites excluding steroid dienone is 1. The summed E-state index contributed by atoms with van der Waals surface area (Å²) in [5.41, 5.74) is 0.972. The number of hydrogen-bond acceptors (Lipinski definition) is 1. The third kappa shape index (κ3) is 2.41. The molecule has 0 amide bonds. The number of nitrogens with zero attached hydrogens (tertiary/aromatic N) is 1. The lowest BCUT2D eigenvalue weighted by Gasteiger charge is -2.09. The average Bonchev–Trinajstić information content (AvgIpc) is 1.65. The Balaban J connectivity index is 3.55. The van der Waals surface area contributed by atoms with Gasteiger partial charge in [0.05, 0.1) is 0 Å². The Labute approximate surface area is 47.0 Å². The van der Waals surface area contributed by atoms with Crippen LogP contribution in [0.3, 0.4) is 0 Å². The molecule has 0 N–H and O–H groups in total. The Bertz CT molecular complexity index is 88.1. The van der Waals surface area contributed by atoms with Crippen LogP contribution in [0.15, 0.2) is 25.1 Å². The van der Waals surface area contributed by atoms with Crippen LogP contribution in [-0.4, -0.2) is 4.67 Å². The quantitative estimate of drug-likeness (QED) is 0.495. The Morgan fingerprint density at radius 2 is 2.29 bits per heavy atom. The summed E-state index contributed by atoms with van der Waals surface area (Å²) in [6.07, 6.45) is 1.69. The van der Waals surface area contributed by atoms with E-state index in [0.717, 1.165) is 5.70 Å². The minimum absolute atomic E-state index is 0.972. The third-order valence-corrected chi connectivity index (χ3v) is 1.29. The van der Waals surface area contributed by atoms with Crippen LogP contribution in [0.2, 0.25) is 0 Å². The van der Waals surface area contributed by atoms with Crippen LogP contribution in [0.4, 0.5) is 0 Å². The van der Waals surface area contributed by atoms with Gasteiger partial charge in [-0.25, -0.2) is 0 Å². The molecule has 1 atom stereocenters. The van der Waals surface area contributed by atoms with Crippen LogP contribution >= 0.6 is 9.39 Å². The fourth-order valence-corrected chi connectivity index (χ4v) is 0.156. The molecule has 0 aliphatic rings. The van der Waals surface area contributed by atoms with Gasteiger partial charge in [-0.3, -0.25) is 0 Å². The minimum atomic E-state index is 0.972. The summed E-state index contributed by atoms with van der Waals surface area (Å²) in [5.74, 6) is 0. The van der Waals surface area contributed by atoms with Gasteiger partial charge in [-0.1, -0.05) is 13.2 Å². The topological polar surface area (TPSA) is 3.24 Å². The summed E-state index contributed by atoms with van der Waals surface area (Å²) < 4.78 is 1.78. The molecule has 0 aromatic heterocycles. The fourth-order valence-electron chi connectivity index (χ4n) is 0.156. The summed E-state index contributed by atoms with van der Waals surface area (Å²) in [6, 6.07) is 0.